The first-order valence-electron chi connectivity index (χ1n) is 8.55. The van der Waals surface area contributed by atoms with Gasteiger partial charge >= 0.3 is 0 Å². The van der Waals surface area contributed by atoms with E-state index >= 15 is 0 Å². The Labute approximate surface area is 153 Å². The largest absolute Gasteiger partial charge is 0.492 e. The number of hydrogen-bond acceptors (Lipinski definition) is 5. The number of ether oxygens (including phenoxy) is 3. The SMILES string of the molecule is C=CCOCC1CN(CCOc2ccccc2)C(=O)c2cccnc2O1. The zero-order valence-corrected chi connectivity index (χ0v) is 14.5. The van der Waals surface area contributed by atoms with Crippen molar-refractivity contribution < 1.29 is 19.0 Å². The van der Waals surface area contributed by atoms with Crippen LogP contribution >= 0.6 is 0 Å². The maximum Gasteiger partial charge on any atom is 0.259 e. The van der Waals surface area contributed by atoms with Gasteiger partial charge in [-0.25, -0.2) is 4.98 Å². The number of para-hydroxylation sites is 1. The molecule has 0 spiro atoms. The maximum absolute atomic E-state index is 12.8. The molecule has 1 unspecified atom stereocenters. The van der Waals surface area contributed by atoms with Crippen LogP contribution in [0.15, 0.2) is 61.3 Å². The number of amides is 1. The number of rotatable bonds is 8. The molecule has 0 bridgehead atoms. The van der Waals surface area contributed by atoms with E-state index in [0.717, 1.165) is 5.75 Å². The van der Waals surface area contributed by atoms with Crippen molar-refractivity contribution in [2.75, 3.05) is 32.9 Å². The molecule has 6 heteroatoms. The summed E-state index contributed by atoms with van der Waals surface area (Å²) in [5.41, 5.74) is 0.457. The smallest absolute Gasteiger partial charge is 0.259 e. The van der Waals surface area contributed by atoms with Crippen molar-refractivity contribution in [1.82, 2.24) is 9.88 Å². The minimum Gasteiger partial charge on any atom is -0.492 e. The number of carbonyl (C=O) groups excluding carboxylic acids is 1. The lowest BCUT2D eigenvalue weighted by atomic mass is 10.2. The Hall–Kier alpha value is -2.86. The normalized spacial score (nSPS) is 16.4. The highest BCUT2D eigenvalue weighted by Crippen LogP contribution is 2.22. The molecule has 0 aliphatic carbocycles. The van der Waals surface area contributed by atoms with Gasteiger partial charge < -0.3 is 19.1 Å². The first-order valence-corrected chi connectivity index (χ1v) is 8.55. The second-order valence-corrected chi connectivity index (χ2v) is 5.83. The molecule has 1 aliphatic heterocycles. The van der Waals surface area contributed by atoms with Crippen molar-refractivity contribution >= 4 is 5.91 Å². The first kappa shape index (κ1) is 17.9. The minimum absolute atomic E-state index is 0.115. The molecular weight excluding hydrogens is 332 g/mol. The molecule has 6 nitrogen and oxygen atoms in total. The number of fused-ring (bicyclic) bond motifs is 1. The second-order valence-electron chi connectivity index (χ2n) is 5.83. The lowest BCUT2D eigenvalue weighted by molar-refractivity contribution is 0.0392. The van der Waals surface area contributed by atoms with Crippen LogP contribution in [0.25, 0.3) is 0 Å². The third-order valence-corrected chi connectivity index (χ3v) is 3.90. The van der Waals surface area contributed by atoms with Gasteiger partial charge in [0.15, 0.2) is 0 Å². The van der Waals surface area contributed by atoms with Crippen LogP contribution in [0.1, 0.15) is 10.4 Å². The lowest BCUT2D eigenvalue weighted by Crippen LogP contribution is -2.41. The number of carbonyl (C=O) groups is 1. The number of hydrogen-bond donors (Lipinski definition) is 0. The van der Waals surface area contributed by atoms with E-state index in [9.17, 15) is 4.79 Å². The number of pyridine rings is 1. The fourth-order valence-corrected chi connectivity index (χ4v) is 2.69. The van der Waals surface area contributed by atoms with Gasteiger partial charge in [-0.05, 0) is 24.3 Å². The van der Waals surface area contributed by atoms with E-state index in [0.29, 0.717) is 44.4 Å². The predicted molar refractivity (Wildman–Crippen MR) is 97.5 cm³/mol. The molecule has 26 heavy (non-hydrogen) atoms. The molecule has 1 aromatic carbocycles. The molecule has 1 aromatic heterocycles. The first-order chi connectivity index (χ1) is 12.8. The van der Waals surface area contributed by atoms with E-state index in [1.165, 1.54) is 0 Å². The highest BCUT2D eigenvalue weighted by atomic mass is 16.5. The molecule has 0 saturated heterocycles. The van der Waals surface area contributed by atoms with Crippen molar-refractivity contribution in [2.45, 2.75) is 6.10 Å². The molecule has 0 radical (unpaired) electrons. The van der Waals surface area contributed by atoms with E-state index in [1.807, 2.05) is 30.3 Å². The number of aromatic nitrogens is 1. The summed E-state index contributed by atoms with van der Waals surface area (Å²) in [4.78, 5) is 18.8. The van der Waals surface area contributed by atoms with Crippen LogP contribution in [-0.4, -0.2) is 54.8 Å². The van der Waals surface area contributed by atoms with Crippen LogP contribution in [0.4, 0.5) is 0 Å². The number of nitrogens with zero attached hydrogens (tertiary/aromatic N) is 2. The monoisotopic (exact) mass is 354 g/mol. The van der Waals surface area contributed by atoms with Crippen LogP contribution in [0.2, 0.25) is 0 Å². The molecule has 136 valence electrons. The van der Waals surface area contributed by atoms with Crippen molar-refractivity contribution in [3.8, 4) is 11.6 Å². The number of benzene rings is 1. The van der Waals surface area contributed by atoms with Crippen molar-refractivity contribution in [2.24, 2.45) is 0 Å². The van der Waals surface area contributed by atoms with E-state index < -0.39 is 0 Å². The summed E-state index contributed by atoms with van der Waals surface area (Å²) in [6.45, 7) is 5.67. The Morgan fingerprint density at radius 3 is 2.92 bits per heavy atom. The predicted octanol–water partition coefficient (Wildman–Crippen LogP) is 2.57. The summed E-state index contributed by atoms with van der Waals surface area (Å²) >= 11 is 0. The molecule has 0 fully saturated rings. The zero-order chi connectivity index (χ0) is 18.2. The summed E-state index contributed by atoms with van der Waals surface area (Å²) in [6.07, 6.45) is 2.99. The minimum atomic E-state index is -0.299. The molecule has 2 heterocycles. The van der Waals surface area contributed by atoms with E-state index in [4.69, 9.17) is 14.2 Å². The van der Waals surface area contributed by atoms with E-state index in [2.05, 4.69) is 11.6 Å². The molecule has 1 amide bonds. The van der Waals surface area contributed by atoms with Gasteiger partial charge in [0.2, 0.25) is 5.88 Å². The van der Waals surface area contributed by atoms with Crippen LogP contribution in [-0.2, 0) is 4.74 Å². The van der Waals surface area contributed by atoms with Gasteiger partial charge in [0, 0.05) is 6.20 Å². The zero-order valence-electron chi connectivity index (χ0n) is 14.5. The average Bonchev–Trinajstić information content (AvgIpc) is 2.80. The van der Waals surface area contributed by atoms with Crippen molar-refractivity contribution in [3.63, 3.8) is 0 Å². The quantitative estimate of drug-likeness (QED) is 0.539. The molecule has 1 aliphatic rings. The fraction of sp³-hybridized carbons (Fsp3) is 0.300. The van der Waals surface area contributed by atoms with Gasteiger partial charge in [-0.1, -0.05) is 24.3 Å². The average molecular weight is 354 g/mol. The molecule has 3 rings (SSSR count). The van der Waals surface area contributed by atoms with Crippen molar-refractivity contribution in [1.29, 1.82) is 0 Å². The highest BCUT2D eigenvalue weighted by Gasteiger charge is 2.29. The Morgan fingerprint density at radius 2 is 2.12 bits per heavy atom. The standard InChI is InChI=1S/C20H22N2O4/c1-2-12-24-15-17-14-22(11-13-25-16-7-4-3-5-8-16)20(23)18-9-6-10-21-19(18)26-17/h2-10,17H,1,11-15H2. The third-order valence-electron chi connectivity index (χ3n) is 3.90. The van der Waals surface area contributed by atoms with Crippen LogP contribution in [0, 0.1) is 0 Å². The van der Waals surface area contributed by atoms with Gasteiger partial charge in [0.25, 0.3) is 5.91 Å². The van der Waals surface area contributed by atoms with Crippen LogP contribution < -0.4 is 9.47 Å². The Kier molecular flexibility index (Phi) is 6.22. The van der Waals surface area contributed by atoms with Crippen LogP contribution in [0.5, 0.6) is 11.6 Å². The second kappa shape index (κ2) is 9.01. The molecule has 0 N–H and O–H groups in total. The summed E-state index contributed by atoms with van der Waals surface area (Å²) < 4.78 is 17.1. The van der Waals surface area contributed by atoms with Crippen LogP contribution in [0.3, 0.4) is 0 Å². The van der Waals surface area contributed by atoms with Crippen molar-refractivity contribution in [3.05, 3.63) is 66.9 Å². The maximum atomic E-state index is 12.8. The Morgan fingerprint density at radius 1 is 1.27 bits per heavy atom. The molecule has 1 atom stereocenters. The summed E-state index contributed by atoms with van der Waals surface area (Å²) in [5.74, 6) is 1.01. The fourth-order valence-electron chi connectivity index (χ4n) is 2.69. The van der Waals surface area contributed by atoms with E-state index in [-0.39, 0.29) is 12.0 Å². The van der Waals surface area contributed by atoms with Gasteiger partial charge in [0.05, 0.1) is 26.3 Å². The van der Waals surface area contributed by atoms with Gasteiger partial charge in [0.1, 0.15) is 24.0 Å². The Bertz CT molecular complexity index is 736. The third kappa shape index (κ3) is 4.61. The molecular formula is C20H22N2O4. The van der Waals surface area contributed by atoms with E-state index in [1.54, 1.807) is 29.3 Å². The molecule has 2 aromatic rings. The Balaban J connectivity index is 1.68. The molecule has 0 saturated carbocycles. The summed E-state index contributed by atoms with van der Waals surface area (Å²) in [7, 11) is 0. The van der Waals surface area contributed by atoms with Gasteiger partial charge in [-0.2, -0.15) is 0 Å². The lowest BCUT2D eigenvalue weighted by Gasteiger charge is -2.24. The topological polar surface area (TPSA) is 60.9 Å². The highest BCUT2D eigenvalue weighted by molar-refractivity contribution is 5.96. The summed E-state index contributed by atoms with van der Waals surface area (Å²) in [6, 6.07) is 13.0. The van der Waals surface area contributed by atoms with Gasteiger partial charge in [-0.3, -0.25) is 4.79 Å². The summed E-state index contributed by atoms with van der Waals surface area (Å²) in [5, 5.41) is 0. The van der Waals surface area contributed by atoms with Gasteiger partial charge in [-0.15, -0.1) is 6.58 Å².